The average Bonchev–Trinajstić information content (AvgIpc) is 2.87. The Kier molecular flexibility index (Phi) is 6.87. The predicted octanol–water partition coefficient (Wildman–Crippen LogP) is 4.16. The molecule has 0 spiro atoms. The number of carbonyl (C=O) groups excluding carboxylic acids is 1. The number of aliphatic hydroxyl groups excluding tert-OH is 2. The Morgan fingerprint density at radius 1 is 1.12 bits per heavy atom. The largest absolute Gasteiger partial charge is 0.475 e. The van der Waals surface area contributed by atoms with Crippen LogP contribution in [0.5, 0.6) is 11.6 Å². The van der Waals surface area contributed by atoms with Gasteiger partial charge in [0.15, 0.2) is 5.75 Å². The zero-order valence-corrected chi connectivity index (χ0v) is 18.4. The van der Waals surface area contributed by atoms with Crippen LogP contribution in [0.2, 0.25) is 0 Å². The smallest absolute Gasteiger partial charge is 0.274 e. The third-order valence-electron chi connectivity index (χ3n) is 5.16. The number of aromatic nitrogens is 1. The monoisotopic (exact) mass is 456 g/mol. The third kappa shape index (κ3) is 4.91. The lowest BCUT2D eigenvalue weighted by Crippen LogP contribution is -2.22. The van der Waals surface area contributed by atoms with E-state index in [1.807, 2.05) is 42.5 Å². The van der Waals surface area contributed by atoms with Gasteiger partial charge in [-0.25, -0.2) is 4.98 Å². The summed E-state index contributed by atoms with van der Waals surface area (Å²) in [7, 11) is 0. The molecule has 2 heterocycles. The van der Waals surface area contributed by atoms with Crippen molar-refractivity contribution >= 4 is 29.0 Å². The second kappa shape index (κ2) is 10.2. The molecule has 1 aromatic heterocycles. The molecule has 34 heavy (non-hydrogen) atoms. The molecule has 3 aromatic rings. The minimum atomic E-state index is -1.03. The summed E-state index contributed by atoms with van der Waals surface area (Å²) >= 11 is 0. The number of hydrogen-bond acceptors (Lipinski definition) is 6. The van der Waals surface area contributed by atoms with Crippen molar-refractivity contribution in [2.75, 3.05) is 18.5 Å². The Bertz CT molecular complexity index is 1280. The fourth-order valence-corrected chi connectivity index (χ4v) is 3.45. The highest BCUT2D eigenvalue weighted by Crippen LogP contribution is 2.41. The number of ether oxygens (including phenoxy) is 2. The van der Waals surface area contributed by atoms with E-state index in [0.717, 1.165) is 22.3 Å². The normalized spacial score (nSPS) is 13.2. The quantitative estimate of drug-likeness (QED) is 0.471. The number of pyridine rings is 1. The molecule has 3 N–H and O–H groups in total. The van der Waals surface area contributed by atoms with Gasteiger partial charge in [0.2, 0.25) is 5.88 Å². The molecule has 1 unspecified atom stereocenters. The lowest BCUT2D eigenvalue weighted by Gasteiger charge is -2.23. The second-order valence-corrected chi connectivity index (χ2v) is 7.57. The first-order valence-electron chi connectivity index (χ1n) is 10.6. The number of amides is 1. The maximum atomic E-state index is 13.0. The van der Waals surface area contributed by atoms with Gasteiger partial charge < -0.3 is 25.0 Å². The first kappa shape index (κ1) is 23.0. The Morgan fingerprint density at radius 2 is 1.88 bits per heavy atom. The van der Waals surface area contributed by atoms with E-state index in [0.29, 0.717) is 17.2 Å². The Labute approximate surface area is 197 Å². The van der Waals surface area contributed by atoms with E-state index in [4.69, 9.17) is 14.6 Å². The number of nitrogens with one attached hydrogen (secondary N) is 1. The van der Waals surface area contributed by atoms with Crippen LogP contribution in [0.15, 0.2) is 79.9 Å². The molecule has 1 atom stereocenters. The Hall–Kier alpha value is -4.20. The minimum absolute atomic E-state index is 0.121. The summed E-state index contributed by atoms with van der Waals surface area (Å²) in [6.07, 6.45) is 2.58. The van der Waals surface area contributed by atoms with E-state index in [9.17, 15) is 9.90 Å². The van der Waals surface area contributed by atoms with E-state index in [-0.39, 0.29) is 18.2 Å². The van der Waals surface area contributed by atoms with Crippen LogP contribution in [0, 0.1) is 0 Å². The number of carbonyl (C=O) groups is 1. The summed E-state index contributed by atoms with van der Waals surface area (Å²) < 4.78 is 11.6. The molecule has 1 amide bonds. The van der Waals surface area contributed by atoms with E-state index < -0.39 is 18.6 Å². The molecular weight excluding hydrogens is 432 g/mol. The number of hydrogen-bond donors (Lipinski definition) is 3. The van der Waals surface area contributed by atoms with Gasteiger partial charge in [0.25, 0.3) is 5.91 Å². The summed E-state index contributed by atoms with van der Waals surface area (Å²) in [5.74, 6) is 0.783. The van der Waals surface area contributed by atoms with Gasteiger partial charge in [0.05, 0.1) is 12.3 Å². The summed E-state index contributed by atoms with van der Waals surface area (Å²) in [6, 6.07) is 17.9. The number of allylic oxidation sites excluding steroid dienone is 2. The lowest BCUT2D eigenvalue weighted by molar-refractivity contribution is 0.0520. The fraction of sp³-hybridized carbons (Fsp3) is 0.111. The van der Waals surface area contributed by atoms with Gasteiger partial charge >= 0.3 is 0 Å². The van der Waals surface area contributed by atoms with Gasteiger partial charge in [-0.15, -0.1) is 0 Å². The summed E-state index contributed by atoms with van der Waals surface area (Å²) in [5, 5.41) is 21.2. The van der Waals surface area contributed by atoms with E-state index in [2.05, 4.69) is 23.5 Å². The van der Waals surface area contributed by atoms with Crippen molar-refractivity contribution in [3.05, 3.63) is 102 Å². The molecule has 7 heteroatoms. The third-order valence-corrected chi connectivity index (χ3v) is 5.16. The maximum absolute atomic E-state index is 13.0. The number of rotatable bonds is 8. The van der Waals surface area contributed by atoms with Crippen LogP contribution in [-0.4, -0.2) is 40.4 Å². The zero-order chi connectivity index (χ0) is 24.1. The highest BCUT2D eigenvalue weighted by atomic mass is 16.5. The van der Waals surface area contributed by atoms with Gasteiger partial charge in [-0.3, -0.25) is 4.79 Å². The van der Waals surface area contributed by atoms with Crippen molar-refractivity contribution in [3.8, 4) is 11.6 Å². The highest BCUT2D eigenvalue weighted by molar-refractivity contribution is 6.05. The van der Waals surface area contributed by atoms with Crippen LogP contribution in [-0.2, 0) is 0 Å². The van der Waals surface area contributed by atoms with Crippen molar-refractivity contribution < 1.29 is 24.5 Å². The topological polar surface area (TPSA) is 101 Å². The van der Waals surface area contributed by atoms with Gasteiger partial charge in [0.1, 0.15) is 24.2 Å². The maximum Gasteiger partial charge on any atom is 0.274 e. The molecule has 7 nitrogen and oxygen atoms in total. The Morgan fingerprint density at radius 3 is 2.68 bits per heavy atom. The first-order chi connectivity index (χ1) is 16.5. The SMILES string of the molecule is C=Cc1ccccc1C1=CC(=C)c2cccc(NC(=O)c3cccc(OCC(O)CO)n3)c2O1. The summed E-state index contributed by atoms with van der Waals surface area (Å²) in [4.78, 5) is 17.1. The second-order valence-electron chi connectivity index (χ2n) is 7.57. The number of anilines is 1. The van der Waals surface area contributed by atoms with Gasteiger partial charge in [0, 0.05) is 17.2 Å². The van der Waals surface area contributed by atoms with E-state index in [1.54, 1.807) is 30.3 Å². The highest BCUT2D eigenvalue weighted by Gasteiger charge is 2.22. The summed E-state index contributed by atoms with van der Waals surface area (Å²) in [5.41, 5.74) is 3.88. The van der Waals surface area contributed by atoms with Crippen LogP contribution in [0.3, 0.4) is 0 Å². The van der Waals surface area contributed by atoms with Gasteiger partial charge in [-0.2, -0.15) is 0 Å². The number of fused-ring (bicyclic) bond motifs is 1. The van der Waals surface area contributed by atoms with Crippen LogP contribution < -0.4 is 14.8 Å². The zero-order valence-electron chi connectivity index (χ0n) is 18.4. The van der Waals surface area contributed by atoms with Gasteiger partial charge in [-0.05, 0) is 29.3 Å². The first-order valence-corrected chi connectivity index (χ1v) is 10.6. The van der Waals surface area contributed by atoms with Crippen LogP contribution >= 0.6 is 0 Å². The van der Waals surface area contributed by atoms with Crippen molar-refractivity contribution in [2.24, 2.45) is 0 Å². The molecule has 0 saturated carbocycles. The van der Waals surface area contributed by atoms with Crippen molar-refractivity contribution in [1.82, 2.24) is 4.98 Å². The number of para-hydroxylation sites is 1. The fourth-order valence-electron chi connectivity index (χ4n) is 3.45. The molecule has 0 fully saturated rings. The van der Waals surface area contributed by atoms with Crippen molar-refractivity contribution in [1.29, 1.82) is 0 Å². The molecule has 1 aliphatic rings. The standard InChI is InChI=1S/C27H24N2O5/c1-3-18-8-4-5-9-21(18)24-14-17(2)20-10-6-11-22(26(20)34-24)29-27(32)23-12-7-13-25(28-23)33-16-19(31)15-30/h3-14,19,30-31H,1-2,15-16H2,(H,29,32). The van der Waals surface area contributed by atoms with Crippen LogP contribution in [0.4, 0.5) is 5.69 Å². The lowest BCUT2D eigenvalue weighted by atomic mass is 9.98. The Balaban J connectivity index is 1.58. The molecule has 0 radical (unpaired) electrons. The van der Waals surface area contributed by atoms with Crippen molar-refractivity contribution in [3.63, 3.8) is 0 Å². The predicted molar refractivity (Wildman–Crippen MR) is 131 cm³/mol. The molecule has 0 aliphatic carbocycles. The molecule has 2 aromatic carbocycles. The van der Waals surface area contributed by atoms with E-state index in [1.165, 1.54) is 0 Å². The average molecular weight is 456 g/mol. The van der Waals surface area contributed by atoms with Crippen molar-refractivity contribution in [2.45, 2.75) is 6.10 Å². The number of benzene rings is 2. The molecule has 0 saturated heterocycles. The van der Waals surface area contributed by atoms with Crippen LogP contribution in [0.25, 0.3) is 17.4 Å². The molecule has 0 bridgehead atoms. The molecule has 4 rings (SSSR count). The summed E-state index contributed by atoms with van der Waals surface area (Å²) in [6.45, 7) is 7.45. The van der Waals surface area contributed by atoms with E-state index >= 15 is 0 Å². The van der Waals surface area contributed by atoms with Gasteiger partial charge in [-0.1, -0.05) is 61.7 Å². The molecule has 1 aliphatic heterocycles. The molecular formula is C27H24N2O5. The molecule has 172 valence electrons. The number of aliphatic hydroxyl groups is 2. The van der Waals surface area contributed by atoms with Crippen LogP contribution in [0.1, 0.15) is 27.2 Å². The minimum Gasteiger partial charge on any atom is -0.475 e. The number of nitrogens with zero attached hydrogens (tertiary/aromatic N) is 1.